The molecule has 0 aliphatic carbocycles. The Morgan fingerprint density at radius 3 is 2.64 bits per heavy atom. The smallest absolute Gasteiger partial charge is 0.0798 e. The Morgan fingerprint density at radius 2 is 2.00 bits per heavy atom. The molecule has 1 atom stereocenters. The Hall–Kier alpha value is -0.470. The first-order valence-electron chi connectivity index (χ1n) is 5.19. The number of rotatable bonds is 5. The Morgan fingerprint density at radius 1 is 1.29 bits per heavy atom. The molecular weight excluding hydrogens is 192 g/mol. The second-order valence-corrected chi connectivity index (χ2v) is 4.45. The maximum Gasteiger partial charge on any atom is 0.0798 e. The van der Waals surface area contributed by atoms with Gasteiger partial charge in [0.15, 0.2) is 0 Å². The average molecular weight is 210 g/mol. The van der Waals surface area contributed by atoms with Crippen LogP contribution < -0.4 is 0 Å². The lowest BCUT2D eigenvalue weighted by molar-refractivity contribution is 0.171. The molecular formula is C12H18OS. The molecule has 2 heteroatoms. The molecule has 0 heterocycles. The standard InChI is InChI=1S/C12H18OS/c1-3-9-14-12-8-6-5-7-10(12)11(13)4-2/h5-8,11,13H,3-4,9H2,1-2H3/t11-/m0/s1. The number of aliphatic hydroxyl groups is 1. The van der Waals surface area contributed by atoms with E-state index in [0.29, 0.717) is 0 Å². The monoisotopic (exact) mass is 210 g/mol. The second-order valence-electron chi connectivity index (χ2n) is 3.31. The minimum Gasteiger partial charge on any atom is -0.388 e. The predicted octanol–water partition coefficient (Wildman–Crippen LogP) is 3.63. The molecule has 0 saturated carbocycles. The summed E-state index contributed by atoms with van der Waals surface area (Å²) in [4.78, 5) is 1.23. The van der Waals surface area contributed by atoms with Crippen LogP contribution in [0.4, 0.5) is 0 Å². The van der Waals surface area contributed by atoms with Crippen LogP contribution in [-0.2, 0) is 0 Å². The summed E-state index contributed by atoms with van der Waals surface area (Å²) in [5.74, 6) is 1.12. The van der Waals surface area contributed by atoms with Crippen molar-refractivity contribution in [1.82, 2.24) is 0 Å². The molecule has 0 aromatic heterocycles. The van der Waals surface area contributed by atoms with Crippen LogP contribution in [0.15, 0.2) is 29.2 Å². The molecule has 0 saturated heterocycles. The van der Waals surface area contributed by atoms with E-state index < -0.39 is 0 Å². The Labute approximate surface area is 90.5 Å². The van der Waals surface area contributed by atoms with Crippen LogP contribution in [0.5, 0.6) is 0 Å². The zero-order valence-corrected chi connectivity index (χ0v) is 9.68. The van der Waals surface area contributed by atoms with Gasteiger partial charge in [-0.25, -0.2) is 0 Å². The third-order valence-corrected chi connectivity index (χ3v) is 3.42. The normalized spacial score (nSPS) is 12.8. The van der Waals surface area contributed by atoms with E-state index in [1.807, 2.05) is 36.9 Å². The third kappa shape index (κ3) is 3.03. The van der Waals surface area contributed by atoms with Gasteiger partial charge in [0, 0.05) is 4.90 Å². The van der Waals surface area contributed by atoms with Gasteiger partial charge in [0.05, 0.1) is 6.10 Å². The number of thioether (sulfide) groups is 1. The van der Waals surface area contributed by atoms with Gasteiger partial charge in [-0.2, -0.15) is 0 Å². The van der Waals surface area contributed by atoms with Crippen molar-refractivity contribution in [3.63, 3.8) is 0 Å². The number of hydrogen-bond donors (Lipinski definition) is 1. The van der Waals surface area contributed by atoms with Gasteiger partial charge < -0.3 is 5.11 Å². The lowest BCUT2D eigenvalue weighted by Crippen LogP contribution is -1.97. The molecule has 0 fully saturated rings. The van der Waals surface area contributed by atoms with E-state index in [2.05, 4.69) is 13.0 Å². The highest BCUT2D eigenvalue weighted by molar-refractivity contribution is 7.99. The molecule has 0 unspecified atom stereocenters. The maximum atomic E-state index is 9.80. The van der Waals surface area contributed by atoms with Crippen LogP contribution in [0.25, 0.3) is 0 Å². The van der Waals surface area contributed by atoms with Crippen molar-refractivity contribution in [2.75, 3.05) is 5.75 Å². The predicted molar refractivity (Wildman–Crippen MR) is 62.7 cm³/mol. The van der Waals surface area contributed by atoms with E-state index in [1.165, 1.54) is 11.3 Å². The van der Waals surface area contributed by atoms with Crippen LogP contribution in [0, 0.1) is 0 Å². The van der Waals surface area contributed by atoms with Crippen LogP contribution in [-0.4, -0.2) is 10.9 Å². The van der Waals surface area contributed by atoms with Crippen molar-refractivity contribution in [3.05, 3.63) is 29.8 Å². The molecule has 0 spiro atoms. The highest BCUT2D eigenvalue weighted by Gasteiger charge is 2.09. The topological polar surface area (TPSA) is 20.2 Å². The molecule has 0 amide bonds. The molecule has 0 aliphatic heterocycles. The van der Waals surface area contributed by atoms with Crippen molar-refractivity contribution in [3.8, 4) is 0 Å². The van der Waals surface area contributed by atoms with Gasteiger partial charge in [0.2, 0.25) is 0 Å². The van der Waals surface area contributed by atoms with E-state index in [-0.39, 0.29) is 6.10 Å². The molecule has 0 bridgehead atoms. The van der Waals surface area contributed by atoms with E-state index in [0.717, 1.165) is 17.7 Å². The first-order chi connectivity index (χ1) is 6.79. The van der Waals surface area contributed by atoms with Crippen molar-refractivity contribution in [2.45, 2.75) is 37.7 Å². The fourth-order valence-electron chi connectivity index (χ4n) is 1.32. The maximum absolute atomic E-state index is 9.80. The fourth-order valence-corrected chi connectivity index (χ4v) is 2.29. The molecule has 78 valence electrons. The SMILES string of the molecule is CCCSc1ccccc1[C@@H](O)CC. The highest BCUT2D eigenvalue weighted by atomic mass is 32.2. The zero-order chi connectivity index (χ0) is 10.4. The molecule has 1 rings (SSSR count). The summed E-state index contributed by atoms with van der Waals surface area (Å²) in [6.07, 6.45) is 1.64. The van der Waals surface area contributed by atoms with Gasteiger partial charge in [-0.15, -0.1) is 11.8 Å². The average Bonchev–Trinajstić information content (AvgIpc) is 2.25. The van der Waals surface area contributed by atoms with Crippen molar-refractivity contribution >= 4 is 11.8 Å². The van der Waals surface area contributed by atoms with Crippen LogP contribution >= 0.6 is 11.8 Å². The van der Waals surface area contributed by atoms with Gasteiger partial charge in [-0.05, 0) is 30.2 Å². The number of aliphatic hydroxyl groups excluding tert-OH is 1. The fraction of sp³-hybridized carbons (Fsp3) is 0.500. The molecule has 1 aromatic rings. The Kier molecular flexibility index (Phi) is 5.05. The van der Waals surface area contributed by atoms with Crippen molar-refractivity contribution in [2.24, 2.45) is 0 Å². The van der Waals surface area contributed by atoms with E-state index in [1.54, 1.807) is 0 Å². The van der Waals surface area contributed by atoms with Crippen molar-refractivity contribution < 1.29 is 5.11 Å². The first-order valence-corrected chi connectivity index (χ1v) is 6.18. The number of benzene rings is 1. The molecule has 1 N–H and O–H groups in total. The summed E-state index contributed by atoms with van der Waals surface area (Å²) in [5, 5.41) is 9.80. The van der Waals surface area contributed by atoms with Crippen LogP contribution in [0.3, 0.4) is 0 Å². The molecule has 0 radical (unpaired) electrons. The Bertz CT molecular complexity index is 273. The van der Waals surface area contributed by atoms with E-state index >= 15 is 0 Å². The molecule has 1 nitrogen and oxygen atoms in total. The van der Waals surface area contributed by atoms with E-state index in [9.17, 15) is 5.11 Å². The van der Waals surface area contributed by atoms with Gasteiger partial charge in [0.25, 0.3) is 0 Å². The molecule has 1 aromatic carbocycles. The highest BCUT2D eigenvalue weighted by Crippen LogP contribution is 2.29. The molecule has 14 heavy (non-hydrogen) atoms. The summed E-state index contributed by atoms with van der Waals surface area (Å²) in [7, 11) is 0. The summed E-state index contributed by atoms with van der Waals surface area (Å²) in [6.45, 7) is 4.18. The van der Waals surface area contributed by atoms with Gasteiger partial charge in [-0.1, -0.05) is 32.0 Å². The van der Waals surface area contributed by atoms with Gasteiger partial charge in [0.1, 0.15) is 0 Å². The largest absolute Gasteiger partial charge is 0.388 e. The minimum absolute atomic E-state index is 0.310. The minimum atomic E-state index is -0.310. The van der Waals surface area contributed by atoms with Gasteiger partial charge >= 0.3 is 0 Å². The summed E-state index contributed by atoms with van der Waals surface area (Å²) < 4.78 is 0. The molecule has 0 aliphatic rings. The second kappa shape index (κ2) is 6.10. The first kappa shape index (κ1) is 11.6. The van der Waals surface area contributed by atoms with Gasteiger partial charge in [-0.3, -0.25) is 0 Å². The summed E-state index contributed by atoms with van der Waals surface area (Å²) in [5.41, 5.74) is 1.08. The van der Waals surface area contributed by atoms with E-state index in [4.69, 9.17) is 0 Å². The number of hydrogen-bond acceptors (Lipinski definition) is 2. The van der Waals surface area contributed by atoms with Crippen LogP contribution in [0.2, 0.25) is 0 Å². The summed E-state index contributed by atoms with van der Waals surface area (Å²) >= 11 is 1.83. The quantitative estimate of drug-likeness (QED) is 0.749. The van der Waals surface area contributed by atoms with Crippen molar-refractivity contribution in [1.29, 1.82) is 0 Å². The lowest BCUT2D eigenvalue weighted by atomic mass is 10.1. The third-order valence-electron chi connectivity index (χ3n) is 2.13. The lowest BCUT2D eigenvalue weighted by Gasteiger charge is -2.12. The zero-order valence-electron chi connectivity index (χ0n) is 8.86. The Balaban J connectivity index is 2.79. The van der Waals surface area contributed by atoms with Crippen LogP contribution in [0.1, 0.15) is 38.4 Å². The summed E-state index contributed by atoms with van der Waals surface area (Å²) in [6, 6.07) is 8.13.